The number of alkyl halides is 3. The Morgan fingerprint density at radius 2 is 1.58 bits per heavy atom. The molecule has 0 saturated carbocycles. The van der Waals surface area contributed by atoms with Crippen molar-refractivity contribution < 1.29 is 31.2 Å². The Hall–Kier alpha value is -3.09. The third-order valence-electron chi connectivity index (χ3n) is 6.55. The highest BCUT2D eigenvalue weighted by Gasteiger charge is 2.37. The number of carbonyl (C=O) groups excluding carboxylic acids is 2. The second-order valence-electron chi connectivity index (χ2n) is 10.4. The number of hydrogen-bond donors (Lipinski definition) is 1. The van der Waals surface area contributed by atoms with Crippen LogP contribution in [0.2, 0.25) is 5.02 Å². The Morgan fingerprint density at radius 1 is 0.977 bits per heavy atom. The summed E-state index contributed by atoms with van der Waals surface area (Å²) in [5.74, 6) is -1.12. The molecule has 232 valence electrons. The van der Waals surface area contributed by atoms with Crippen LogP contribution in [0.5, 0.6) is 0 Å². The van der Waals surface area contributed by atoms with Crippen LogP contribution in [-0.2, 0) is 32.3 Å². The van der Waals surface area contributed by atoms with E-state index >= 15 is 0 Å². The number of carbonyl (C=O) groups is 2. The topological polar surface area (TPSA) is 86.8 Å². The number of nitrogens with zero attached hydrogens (tertiary/aromatic N) is 2. The Bertz CT molecular complexity index is 1550. The maximum absolute atomic E-state index is 13.9. The molecule has 0 aliphatic carbocycles. The summed E-state index contributed by atoms with van der Waals surface area (Å²) in [4.78, 5) is 28.0. The van der Waals surface area contributed by atoms with Crippen LogP contribution < -0.4 is 9.62 Å². The average Bonchev–Trinajstić information content (AvgIpc) is 2.93. The Kier molecular flexibility index (Phi) is 11.3. The number of sulfonamides is 1. The monoisotopic (exact) mass is 701 g/mol. The van der Waals surface area contributed by atoms with Gasteiger partial charge in [-0.15, -0.1) is 0 Å². The summed E-state index contributed by atoms with van der Waals surface area (Å²) >= 11 is 9.16. The molecule has 0 radical (unpaired) electrons. The van der Waals surface area contributed by atoms with Gasteiger partial charge in [-0.25, -0.2) is 8.42 Å². The van der Waals surface area contributed by atoms with Crippen LogP contribution in [0.4, 0.5) is 18.9 Å². The molecule has 0 aliphatic rings. The summed E-state index contributed by atoms with van der Waals surface area (Å²) in [6.45, 7) is 6.48. The zero-order valence-electron chi connectivity index (χ0n) is 24.0. The molecule has 0 fully saturated rings. The predicted molar refractivity (Wildman–Crippen MR) is 164 cm³/mol. The molecule has 0 aliphatic heterocycles. The molecule has 3 rings (SSSR count). The van der Waals surface area contributed by atoms with Gasteiger partial charge in [-0.1, -0.05) is 71.2 Å². The zero-order chi connectivity index (χ0) is 32.1. The normalized spacial score (nSPS) is 12.6. The van der Waals surface area contributed by atoms with Crippen LogP contribution in [0.15, 0.2) is 76.1 Å². The summed E-state index contributed by atoms with van der Waals surface area (Å²) in [7, 11) is -4.55. The largest absolute Gasteiger partial charge is 0.417 e. The number of halogens is 5. The first-order chi connectivity index (χ1) is 20.0. The first-order valence-corrected chi connectivity index (χ1v) is 15.9. The van der Waals surface area contributed by atoms with Crippen LogP contribution >= 0.6 is 27.5 Å². The van der Waals surface area contributed by atoms with E-state index in [0.717, 1.165) is 22.2 Å². The van der Waals surface area contributed by atoms with E-state index in [-0.39, 0.29) is 17.4 Å². The summed E-state index contributed by atoms with van der Waals surface area (Å²) < 4.78 is 70.5. The highest BCUT2D eigenvalue weighted by Crippen LogP contribution is 2.38. The van der Waals surface area contributed by atoms with Crippen molar-refractivity contribution in [2.24, 2.45) is 5.92 Å². The summed E-state index contributed by atoms with van der Waals surface area (Å²) in [6.07, 6.45) is -4.88. The van der Waals surface area contributed by atoms with E-state index in [1.807, 2.05) is 13.8 Å². The highest BCUT2D eigenvalue weighted by atomic mass is 79.9. The maximum Gasteiger partial charge on any atom is 0.417 e. The van der Waals surface area contributed by atoms with Crippen molar-refractivity contribution in [1.29, 1.82) is 0 Å². The van der Waals surface area contributed by atoms with Crippen molar-refractivity contribution in [2.45, 2.75) is 51.4 Å². The fourth-order valence-corrected chi connectivity index (χ4v) is 5.97. The molecule has 3 aromatic carbocycles. The fraction of sp³-hybridized carbons (Fsp3) is 0.333. The van der Waals surface area contributed by atoms with Gasteiger partial charge in [-0.05, 0) is 67.8 Å². The molecule has 43 heavy (non-hydrogen) atoms. The summed E-state index contributed by atoms with van der Waals surface area (Å²) in [6, 6.07) is 14.3. The standard InChI is InChI=1S/C30H32BrClF3N3O4S/c1-19(2)16-36-29(40)21(4)37(17-22-7-9-23(31)10-8-22)28(39)18-38(43(41,42)25-12-5-20(3)6-13-25)24-11-14-27(32)26(15-24)30(33,34)35/h5-15,19,21H,16-18H2,1-4H3,(H,36,40). The third-order valence-corrected chi connectivity index (χ3v) is 9.20. The smallest absolute Gasteiger partial charge is 0.354 e. The molecular weight excluding hydrogens is 671 g/mol. The van der Waals surface area contributed by atoms with E-state index in [1.54, 1.807) is 31.2 Å². The van der Waals surface area contributed by atoms with Gasteiger partial charge >= 0.3 is 6.18 Å². The molecule has 1 unspecified atom stereocenters. The second kappa shape index (κ2) is 14.1. The van der Waals surface area contributed by atoms with Gasteiger partial charge in [0.25, 0.3) is 10.0 Å². The molecule has 3 aromatic rings. The van der Waals surface area contributed by atoms with Crippen LogP contribution in [0, 0.1) is 12.8 Å². The molecule has 0 bridgehead atoms. The molecule has 1 N–H and O–H groups in total. The number of anilines is 1. The quantitative estimate of drug-likeness (QED) is 0.238. The van der Waals surface area contributed by atoms with Gasteiger partial charge in [-0.2, -0.15) is 13.2 Å². The van der Waals surface area contributed by atoms with Gasteiger partial charge in [-0.3, -0.25) is 13.9 Å². The van der Waals surface area contributed by atoms with Gasteiger partial charge < -0.3 is 10.2 Å². The average molecular weight is 703 g/mol. The number of amides is 2. The predicted octanol–water partition coefficient (Wildman–Crippen LogP) is 6.81. The zero-order valence-corrected chi connectivity index (χ0v) is 27.1. The molecule has 0 heterocycles. The molecule has 0 spiro atoms. The molecule has 2 amide bonds. The highest BCUT2D eigenvalue weighted by molar-refractivity contribution is 9.10. The van der Waals surface area contributed by atoms with E-state index in [4.69, 9.17) is 11.6 Å². The SMILES string of the molecule is Cc1ccc(S(=O)(=O)N(CC(=O)N(Cc2ccc(Br)cc2)C(C)C(=O)NCC(C)C)c2ccc(Cl)c(C(F)(F)F)c2)cc1. The van der Waals surface area contributed by atoms with Crippen molar-refractivity contribution in [3.05, 3.63) is 92.9 Å². The Balaban J connectivity index is 2.10. The van der Waals surface area contributed by atoms with Gasteiger partial charge in [0.1, 0.15) is 12.6 Å². The number of benzene rings is 3. The molecule has 1 atom stereocenters. The van der Waals surface area contributed by atoms with Gasteiger partial charge in [0.2, 0.25) is 11.8 Å². The lowest BCUT2D eigenvalue weighted by Gasteiger charge is -2.32. The van der Waals surface area contributed by atoms with E-state index in [2.05, 4.69) is 21.2 Å². The Morgan fingerprint density at radius 3 is 2.14 bits per heavy atom. The van der Waals surface area contributed by atoms with Gasteiger partial charge in [0, 0.05) is 17.6 Å². The minimum atomic E-state index is -4.88. The molecule has 0 aromatic heterocycles. The van der Waals surface area contributed by atoms with Gasteiger partial charge in [0.15, 0.2) is 0 Å². The van der Waals surface area contributed by atoms with Crippen LogP contribution in [0.3, 0.4) is 0 Å². The number of hydrogen-bond acceptors (Lipinski definition) is 4. The Labute approximate surface area is 263 Å². The van der Waals surface area contributed by atoms with Crippen LogP contribution in [0.25, 0.3) is 0 Å². The first-order valence-electron chi connectivity index (χ1n) is 13.3. The van der Waals surface area contributed by atoms with E-state index < -0.39 is 56.9 Å². The van der Waals surface area contributed by atoms with Crippen molar-refractivity contribution in [2.75, 3.05) is 17.4 Å². The van der Waals surface area contributed by atoms with Crippen molar-refractivity contribution in [1.82, 2.24) is 10.2 Å². The molecule has 7 nitrogen and oxygen atoms in total. The lowest BCUT2D eigenvalue weighted by molar-refractivity contribution is -0.139. The number of aryl methyl sites for hydroxylation is 1. The van der Waals surface area contributed by atoms with E-state index in [1.165, 1.54) is 36.1 Å². The van der Waals surface area contributed by atoms with Crippen LogP contribution in [0.1, 0.15) is 37.5 Å². The van der Waals surface area contributed by atoms with E-state index in [0.29, 0.717) is 22.5 Å². The van der Waals surface area contributed by atoms with Crippen molar-refractivity contribution >= 4 is 55.1 Å². The number of nitrogens with one attached hydrogen (secondary N) is 1. The summed E-state index contributed by atoms with van der Waals surface area (Å²) in [5, 5.41) is 2.15. The molecule has 0 saturated heterocycles. The van der Waals surface area contributed by atoms with E-state index in [9.17, 15) is 31.2 Å². The number of rotatable bonds is 11. The van der Waals surface area contributed by atoms with Crippen molar-refractivity contribution in [3.8, 4) is 0 Å². The lowest BCUT2D eigenvalue weighted by Crippen LogP contribution is -2.51. The maximum atomic E-state index is 13.9. The fourth-order valence-electron chi connectivity index (χ4n) is 4.07. The molecular formula is C30H32BrClF3N3O4S. The summed E-state index contributed by atoms with van der Waals surface area (Å²) in [5.41, 5.74) is -0.254. The molecule has 13 heteroatoms. The second-order valence-corrected chi connectivity index (χ2v) is 13.6. The van der Waals surface area contributed by atoms with Gasteiger partial charge in [0.05, 0.1) is 21.2 Å². The first kappa shape index (κ1) is 34.4. The minimum Gasteiger partial charge on any atom is -0.354 e. The lowest BCUT2D eigenvalue weighted by atomic mass is 10.1. The van der Waals surface area contributed by atoms with Crippen molar-refractivity contribution in [3.63, 3.8) is 0 Å². The minimum absolute atomic E-state index is 0.0603. The third kappa shape index (κ3) is 8.96. The van der Waals surface area contributed by atoms with Crippen LogP contribution in [-0.4, -0.2) is 44.3 Å².